The van der Waals surface area contributed by atoms with E-state index >= 15 is 0 Å². The number of amides is 2. The fourth-order valence-electron chi connectivity index (χ4n) is 2.00. The highest BCUT2D eigenvalue weighted by Crippen LogP contribution is 2.28. The van der Waals surface area contributed by atoms with Gasteiger partial charge < -0.3 is 20.2 Å². The number of carboxylic acid groups (broad SMARTS) is 1. The molecule has 1 saturated heterocycles. The van der Waals surface area contributed by atoms with E-state index in [1.165, 1.54) is 30.4 Å². The summed E-state index contributed by atoms with van der Waals surface area (Å²) in [6, 6.07) is 1.52. The van der Waals surface area contributed by atoms with Crippen molar-refractivity contribution in [3.05, 3.63) is 24.2 Å². The number of furan rings is 1. The molecule has 1 aliphatic rings. The van der Waals surface area contributed by atoms with Crippen molar-refractivity contribution in [2.45, 2.75) is 18.4 Å². The summed E-state index contributed by atoms with van der Waals surface area (Å²) >= 11 is 1.50. The largest absolute Gasteiger partial charge is 0.479 e. The van der Waals surface area contributed by atoms with Gasteiger partial charge in [-0.05, 0) is 18.2 Å². The van der Waals surface area contributed by atoms with Gasteiger partial charge in [0.15, 0.2) is 0 Å². The zero-order valence-electron chi connectivity index (χ0n) is 11.3. The molecule has 1 fully saturated rings. The molecular weight excluding hydrogens is 296 g/mol. The fourth-order valence-corrected chi connectivity index (χ4v) is 3.33. The second-order valence-corrected chi connectivity index (χ2v) is 5.86. The molecule has 114 valence electrons. The molecule has 1 aliphatic heterocycles. The van der Waals surface area contributed by atoms with Crippen molar-refractivity contribution >= 4 is 29.5 Å². The van der Waals surface area contributed by atoms with Crippen LogP contribution in [-0.2, 0) is 9.59 Å². The van der Waals surface area contributed by atoms with Crippen molar-refractivity contribution in [3.8, 4) is 0 Å². The molecule has 1 aromatic heterocycles. The summed E-state index contributed by atoms with van der Waals surface area (Å²) in [4.78, 5) is 34.7. The molecule has 1 aromatic rings. The topological polar surface area (TPSA) is 109 Å². The minimum Gasteiger partial charge on any atom is -0.479 e. The van der Waals surface area contributed by atoms with E-state index in [2.05, 4.69) is 10.6 Å². The molecule has 2 heterocycles. The second-order valence-electron chi connectivity index (χ2n) is 4.76. The fraction of sp³-hybridized carbons (Fsp3) is 0.462. The minimum absolute atomic E-state index is 0.0310. The number of hydrogen-bond acceptors (Lipinski definition) is 5. The van der Waals surface area contributed by atoms with Crippen molar-refractivity contribution < 1.29 is 23.9 Å². The van der Waals surface area contributed by atoms with Crippen LogP contribution in [0.25, 0.3) is 0 Å². The molecule has 1 unspecified atom stereocenters. The number of thioether (sulfide) groups is 1. The van der Waals surface area contributed by atoms with E-state index in [4.69, 9.17) is 4.42 Å². The molecule has 21 heavy (non-hydrogen) atoms. The Balaban J connectivity index is 1.77. The van der Waals surface area contributed by atoms with E-state index in [1.54, 1.807) is 0 Å². The summed E-state index contributed by atoms with van der Waals surface area (Å²) < 4.78 is 4.78. The van der Waals surface area contributed by atoms with Crippen LogP contribution in [0.1, 0.15) is 23.2 Å². The third-order valence-electron chi connectivity index (χ3n) is 3.23. The number of hydrogen-bond donors (Lipinski definition) is 3. The van der Waals surface area contributed by atoms with Crippen molar-refractivity contribution in [1.29, 1.82) is 0 Å². The standard InChI is InChI=1S/C13H16N2O5S/c16-10(15-13(12(18)19)3-6-21-8-13)1-4-14-11(17)9-2-5-20-7-9/h2,5,7H,1,3-4,6,8H2,(H,14,17)(H,15,16)(H,18,19). The first-order valence-corrected chi connectivity index (χ1v) is 7.61. The van der Waals surface area contributed by atoms with Gasteiger partial charge >= 0.3 is 5.97 Å². The first kappa shape index (κ1) is 15.4. The summed E-state index contributed by atoms with van der Waals surface area (Å²) in [5.41, 5.74) is -0.791. The predicted octanol–water partition coefficient (Wildman–Crippen LogP) is 0.476. The van der Waals surface area contributed by atoms with E-state index in [0.29, 0.717) is 23.5 Å². The number of nitrogens with one attached hydrogen (secondary N) is 2. The predicted molar refractivity (Wildman–Crippen MR) is 76.1 cm³/mol. The average Bonchev–Trinajstić information content (AvgIpc) is 3.10. The van der Waals surface area contributed by atoms with Crippen molar-refractivity contribution in [2.24, 2.45) is 0 Å². The van der Waals surface area contributed by atoms with Crippen LogP contribution < -0.4 is 10.6 Å². The zero-order valence-corrected chi connectivity index (χ0v) is 12.1. The Kier molecular flexibility index (Phi) is 4.89. The Morgan fingerprint density at radius 1 is 1.43 bits per heavy atom. The lowest BCUT2D eigenvalue weighted by molar-refractivity contribution is -0.146. The summed E-state index contributed by atoms with van der Waals surface area (Å²) in [7, 11) is 0. The lowest BCUT2D eigenvalue weighted by Crippen LogP contribution is -2.55. The van der Waals surface area contributed by atoms with Crippen LogP contribution in [0.2, 0.25) is 0 Å². The normalized spacial score (nSPS) is 21.0. The molecule has 0 radical (unpaired) electrons. The summed E-state index contributed by atoms with van der Waals surface area (Å²) in [5, 5.41) is 14.4. The lowest BCUT2D eigenvalue weighted by atomic mass is 9.99. The summed E-state index contributed by atoms with van der Waals surface area (Å²) in [5.74, 6) is -0.643. The highest BCUT2D eigenvalue weighted by atomic mass is 32.2. The van der Waals surface area contributed by atoms with Crippen LogP contribution in [0, 0.1) is 0 Å². The molecule has 2 amide bonds. The van der Waals surface area contributed by atoms with Crippen molar-refractivity contribution in [1.82, 2.24) is 10.6 Å². The lowest BCUT2D eigenvalue weighted by Gasteiger charge is -2.24. The maximum absolute atomic E-state index is 11.8. The van der Waals surface area contributed by atoms with E-state index in [1.807, 2.05) is 0 Å². The van der Waals surface area contributed by atoms with Crippen molar-refractivity contribution in [3.63, 3.8) is 0 Å². The van der Waals surface area contributed by atoms with E-state index in [9.17, 15) is 19.5 Å². The van der Waals surface area contributed by atoms with Crippen LogP contribution in [0.4, 0.5) is 0 Å². The number of carbonyl (C=O) groups is 3. The highest BCUT2D eigenvalue weighted by Gasteiger charge is 2.43. The molecule has 2 rings (SSSR count). The SMILES string of the molecule is O=C(CCNC(=O)c1ccoc1)NC1(C(=O)O)CCSC1. The minimum atomic E-state index is -1.17. The number of rotatable bonds is 6. The van der Waals surface area contributed by atoms with Gasteiger partial charge in [-0.25, -0.2) is 4.79 Å². The molecule has 0 bridgehead atoms. The van der Waals surface area contributed by atoms with Gasteiger partial charge in [-0.3, -0.25) is 9.59 Å². The smallest absolute Gasteiger partial charge is 0.330 e. The van der Waals surface area contributed by atoms with Gasteiger partial charge in [-0.15, -0.1) is 0 Å². The summed E-state index contributed by atoms with van der Waals surface area (Å²) in [6.45, 7) is 0.138. The molecule has 0 aromatic carbocycles. The maximum atomic E-state index is 11.8. The first-order chi connectivity index (χ1) is 10.0. The van der Waals surface area contributed by atoms with Gasteiger partial charge in [0.25, 0.3) is 5.91 Å². The van der Waals surface area contributed by atoms with Crippen LogP contribution in [0.15, 0.2) is 23.0 Å². The number of carboxylic acids is 1. The molecule has 7 nitrogen and oxygen atoms in total. The molecule has 0 spiro atoms. The molecular formula is C13H16N2O5S. The van der Waals surface area contributed by atoms with Crippen LogP contribution >= 0.6 is 11.8 Å². The first-order valence-electron chi connectivity index (χ1n) is 6.46. The molecule has 0 saturated carbocycles. The maximum Gasteiger partial charge on any atom is 0.330 e. The van der Waals surface area contributed by atoms with Gasteiger partial charge in [-0.2, -0.15) is 11.8 Å². The van der Waals surface area contributed by atoms with Crippen LogP contribution in [0.3, 0.4) is 0 Å². The Morgan fingerprint density at radius 3 is 2.81 bits per heavy atom. The Bertz CT molecular complexity index is 523. The number of carbonyl (C=O) groups excluding carboxylic acids is 2. The number of aliphatic carboxylic acids is 1. The van der Waals surface area contributed by atoms with Gasteiger partial charge in [0.1, 0.15) is 11.8 Å². The van der Waals surface area contributed by atoms with Gasteiger partial charge in [-0.1, -0.05) is 0 Å². The molecule has 1 atom stereocenters. The van der Waals surface area contributed by atoms with Gasteiger partial charge in [0, 0.05) is 18.7 Å². The second kappa shape index (κ2) is 6.66. The van der Waals surface area contributed by atoms with E-state index in [-0.39, 0.29) is 24.8 Å². The Morgan fingerprint density at radius 2 is 2.24 bits per heavy atom. The summed E-state index contributed by atoms with van der Waals surface area (Å²) in [6.07, 6.45) is 3.14. The van der Waals surface area contributed by atoms with Crippen molar-refractivity contribution in [2.75, 3.05) is 18.1 Å². The molecule has 8 heteroatoms. The van der Waals surface area contributed by atoms with Gasteiger partial charge in [0.2, 0.25) is 5.91 Å². The third-order valence-corrected chi connectivity index (χ3v) is 4.42. The zero-order chi connectivity index (χ0) is 15.3. The monoisotopic (exact) mass is 312 g/mol. The Hall–Kier alpha value is -1.96. The average molecular weight is 312 g/mol. The molecule has 3 N–H and O–H groups in total. The Labute approximate surface area is 125 Å². The van der Waals surface area contributed by atoms with Crippen LogP contribution in [-0.4, -0.2) is 46.5 Å². The third kappa shape index (κ3) is 3.78. The van der Waals surface area contributed by atoms with Gasteiger partial charge in [0.05, 0.1) is 11.8 Å². The van der Waals surface area contributed by atoms with E-state index < -0.39 is 11.5 Å². The molecule has 0 aliphatic carbocycles. The highest BCUT2D eigenvalue weighted by molar-refractivity contribution is 7.99. The van der Waals surface area contributed by atoms with Crippen LogP contribution in [0.5, 0.6) is 0 Å². The quantitative estimate of drug-likeness (QED) is 0.705. The van der Waals surface area contributed by atoms with E-state index in [0.717, 1.165) is 0 Å².